The second-order valence-corrected chi connectivity index (χ2v) is 3.34. The van der Waals surface area contributed by atoms with Gasteiger partial charge in [-0.2, -0.15) is 5.10 Å². The van der Waals surface area contributed by atoms with Gasteiger partial charge in [0.1, 0.15) is 12.2 Å². The number of aromatic nitrogens is 3. The molecule has 0 saturated heterocycles. The zero-order valence-electron chi connectivity index (χ0n) is 7.41. The average molecular weight is 205 g/mol. The smallest absolute Gasteiger partial charge is 0.448 e. The molecule has 78 valence electrons. The molecule has 4 nitrogen and oxygen atoms in total. The summed E-state index contributed by atoms with van der Waals surface area (Å²) in [5, 5.41) is 3.89. The van der Waals surface area contributed by atoms with Crippen molar-refractivity contribution in [3.63, 3.8) is 0 Å². The highest BCUT2D eigenvalue weighted by Gasteiger charge is 2.28. The summed E-state index contributed by atoms with van der Waals surface area (Å²) in [4.78, 5) is 5.24. The summed E-state index contributed by atoms with van der Waals surface area (Å²) in [5.74, 6) is 0.608. The lowest BCUT2D eigenvalue weighted by Crippen LogP contribution is -2.42. The molecule has 0 spiro atoms. The van der Waals surface area contributed by atoms with Crippen molar-refractivity contribution in [1.82, 2.24) is 19.7 Å². The van der Waals surface area contributed by atoms with Gasteiger partial charge in [-0.3, -0.25) is 0 Å². The maximum absolute atomic E-state index is 12.1. The molecular weight excluding hydrogens is 196 g/mol. The van der Waals surface area contributed by atoms with E-state index in [0.717, 1.165) is 0 Å². The van der Waals surface area contributed by atoms with Gasteiger partial charge in [0.25, 0.3) is 0 Å². The molecule has 0 radical (unpaired) electrons. The SMILES string of the molecule is F[B-](F)(F)CN1CCn2ncnc2C1. The summed E-state index contributed by atoms with van der Waals surface area (Å²) >= 11 is 0. The van der Waals surface area contributed by atoms with E-state index >= 15 is 0 Å². The Balaban J connectivity index is 2.01. The molecule has 0 unspecified atom stereocenters. The van der Waals surface area contributed by atoms with Crippen molar-refractivity contribution in [2.24, 2.45) is 0 Å². The second-order valence-electron chi connectivity index (χ2n) is 3.34. The van der Waals surface area contributed by atoms with Crippen molar-refractivity contribution < 1.29 is 12.9 Å². The average Bonchev–Trinajstić information content (AvgIpc) is 2.47. The molecule has 0 N–H and O–H groups in total. The normalized spacial score (nSPS) is 18.2. The van der Waals surface area contributed by atoms with Crippen molar-refractivity contribution in [2.75, 3.05) is 13.0 Å². The quantitative estimate of drug-likeness (QED) is 0.658. The fourth-order valence-corrected chi connectivity index (χ4v) is 1.56. The van der Waals surface area contributed by atoms with Gasteiger partial charge in [0.05, 0.1) is 13.1 Å². The summed E-state index contributed by atoms with van der Waals surface area (Å²) in [6.07, 6.45) is 0.560. The number of halogens is 3. The van der Waals surface area contributed by atoms with E-state index in [9.17, 15) is 12.9 Å². The van der Waals surface area contributed by atoms with E-state index in [2.05, 4.69) is 10.1 Å². The largest absolute Gasteiger partial charge is 0.492 e. The van der Waals surface area contributed by atoms with Crippen LogP contribution in [0.5, 0.6) is 0 Å². The van der Waals surface area contributed by atoms with Crippen LogP contribution in [0.1, 0.15) is 5.82 Å². The first-order chi connectivity index (χ1) is 6.54. The van der Waals surface area contributed by atoms with Crippen LogP contribution in [-0.4, -0.2) is 39.6 Å². The maximum Gasteiger partial charge on any atom is 0.492 e. The first-order valence-corrected chi connectivity index (χ1v) is 4.34. The number of hydrogen-bond acceptors (Lipinski definition) is 3. The topological polar surface area (TPSA) is 34.0 Å². The van der Waals surface area contributed by atoms with Gasteiger partial charge in [-0.1, -0.05) is 0 Å². The van der Waals surface area contributed by atoms with E-state index in [4.69, 9.17) is 0 Å². The molecule has 0 saturated carbocycles. The van der Waals surface area contributed by atoms with Crippen LogP contribution < -0.4 is 0 Å². The van der Waals surface area contributed by atoms with Crippen molar-refractivity contribution in [2.45, 2.75) is 13.1 Å². The van der Waals surface area contributed by atoms with Gasteiger partial charge in [0.2, 0.25) is 0 Å². The number of fused-ring (bicyclic) bond motifs is 1. The minimum atomic E-state index is -4.74. The van der Waals surface area contributed by atoms with Crippen LogP contribution in [0.25, 0.3) is 0 Å². The number of rotatable bonds is 2. The fraction of sp³-hybridized carbons (Fsp3) is 0.667. The molecule has 14 heavy (non-hydrogen) atoms. The summed E-state index contributed by atoms with van der Waals surface area (Å²) < 4.78 is 38.0. The van der Waals surface area contributed by atoms with Crippen molar-refractivity contribution >= 4 is 6.98 Å². The van der Waals surface area contributed by atoms with Crippen molar-refractivity contribution in [1.29, 1.82) is 0 Å². The monoisotopic (exact) mass is 205 g/mol. The summed E-state index contributed by atoms with van der Waals surface area (Å²) in [5.41, 5.74) is 0. The Bertz CT molecular complexity index is 323. The van der Waals surface area contributed by atoms with Crippen LogP contribution in [0.4, 0.5) is 12.9 Å². The third-order valence-corrected chi connectivity index (χ3v) is 2.15. The molecule has 2 heterocycles. The van der Waals surface area contributed by atoms with Crippen molar-refractivity contribution in [3.8, 4) is 0 Å². The van der Waals surface area contributed by atoms with Gasteiger partial charge in [-0.25, -0.2) is 9.67 Å². The molecule has 1 aromatic rings. The molecule has 1 aliphatic rings. The van der Waals surface area contributed by atoms with E-state index < -0.39 is 13.4 Å². The van der Waals surface area contributed by atoms with Gasteiger partial charge >= 0.3 is 6.98 Å². The van der Waals surface area contributed by atoms with Crippen LogP contribution in [0.2, 0.25) is 0 Å². The van der Waals surface area contributed by atoms with E-state index in [0.29, 0.717) is 18.9 Å². The third kappa shape index (κ3) is 2.06. The predicted octanol–water partition coefficient (Wildman–Crippen LogP) is 0.480. The number of hydrogen-bond donors (Lipinski definition) is 0. The minimum Gasteiger partial charge on any atom is -0.448 e. The zero-order valence-corrected chi connectivity index (χ0v) is 7.41. The Morgan fingerprint density at radius 2 is 2.14 bits per heavy atom. The highest BCUT2D eigenvalue weighted by molar-refractivity contribution is 6.58. The van der Waals surface area contributed by atoms with Gasteiger partial charge in [-0.15, -0.1) is 0 Å². The van der Waals surface area contributed by atoms with Crippen LogP contribution in [0, 0.1) is 0 Å². The van der Waals surface area contributed by atoms with Crippen LogP contribution >= 0.6 is 0 Å². The molecule has 1 aliphatic heterocycles. The molecule has 0 atom stereocenters. The van der Waals surface area contributed by atoms with E-state index in [-0.39, 0.29) is 6.54 Å². The maximum atomic E-state index is 12.1. The first-order valence-electron chi connectivity index (χ1n) is 4.34. The molecule has 0 amide bonds. The Labute approximate surface area is 78.8 Å². The van der Waals surface area contributed by atoms with E-state index in [1.807, 2.05) is 0 Å². The first kappa shape index (κ1) is 9.51. The van der Waals surface area contributed by atoms with Gasteiger partial charge in [-0.05, 0) is 6.44 Å². The van der Waals surface area contributed by atoms with Crippen molar-refractivity contribution in [3.05, 3.63) is 12.2 Å². The lowest BCUT2D eigenvalue weighted by Gasteiger charge is -2.30. The van der Waals surface area contributed by atoms with Gasteiger partial charge in [0.15, 0.2) is 0 Å². The number of nitrogens with zero attached hydrogens (tertiary/aromatic N) is 4. The Hall–Kier alpha value is -1.05. The van der Waals surface area contributed by atoms with Gasteiger partial charge in [0, 0.05) is 6.54 Å². The Kier molecular flexibility index (Phi) is 2.22. The highest BCUT2D eigenvalue weighted by atomic mass is 19.4. The lowest BCUT2D eigenvalue weighted by molar-refractivity contribution is 0.218. The molecule has 8 heteroatoms. The molecule has 0 bridgehead atoms. The molecule has 2 rings (SSSR count). The zero-order chi connectivity index (χ0) is 10.2. The molecule has 1 aromatic heterocycles. The molecule has 0 aromatic carbocycles. The van der Waals surface area contributed by atoms with Crippen LogP contribution in [-0.2, 0) is 13.1 Å². The summed E-state index contributed by atoms with van der Waals surface area (Å²) in [6.45, 7) is -3.63. The van der Waals surface area contributed by atoms with E-state index in [1.165, 1.54) is 11.2 Å². The Morgan fingerprint density at radius 1 is 1.36 bits per heavy atom. The third-order valence-electron chi connectivity index (χ3n) is 2.15. The molecule has 0 fully saturated rings. The minimum absolute atomic E-state index is 0.237. The lowest BCUT2D eigenvalue weighted by atomic mass is 9.91. The molecular formula is C6H9BF3N4-. The Morgan fingerprint density at radius 3 is 2.86 bits per heavy atom. The predicted molar refractivity (Wildman–Crippen MR) is 44.4 cm³/mol. The summed E-state index contributed by atoms with van der Waals surface area (Å²) in [6, 6.07) is 0. The van der Waals surface area contributed by atoms with E-state index in [1.54, 1.807) is 4.68 Å². The van der Waals surface area contributed by atoms with Gasteiger partial charge < -0.3 is 17.8 Å². The highest BCUT2D eigenvalue weighted by Crippen LogP contribution is 2.15. The summed E-state index contributed by atoms with van der Waals surface area (Å²) in [7, 11) is 0. The fourth-order valence-electron chi connectivity index (χ4n) is 1.56. The molecule has 0 aliphatic carbocycles. The second kappa shape index (κ2) is 3.27. The van der Waals surface area contributed by atoms with Crippen LogP contribution in [0.3, 0.4) is 0 Å². The standard InChI is InChI=1S/C6H9BF3N4/c8-7(9,10)4-13-1-2-14-6(3-13)11-5-12-14/h5H,1-4H2/q-1. The van der Waals surface area contributed by atoms with Crippen LogP contribution in [0.15, 0.2) is 6.33 Å².